The highest BCUT2D eigenvalue weighted by Gasteiger charge is 2.19. The topological polar surface area (TPSA) is 117 Å². The van der Waals surface area contributed by atoms with Gasteiger partial charge in [-0.05, 0) is 18.9 Å². The van der Waals surface area contributed by atoms with E-state index in [4.69, 9.17) is 0 Å². The van der Waals surface area contributed by atoms with Crippen molar-refractivity contribution in [1.29, 1.82) is 0 Å². The van der Waals surface area contributed by atoms with E-state index in [2.05, 4.69) is 35.9 Å². The Hall–Kier alpha value is -1.75. The fourth-order valence-electron chi connectivity index (χ4n) is 3.51. The molecule has 0 bridgehead atoms. The van der Waals surface area contributed by atoms with Crippen molar-refractivity contribution in [1.82, 2.24) is 24.9 Å². The van der Waals surface area contributed by atoms with Gasteiger partial charge in [-0.3, -0.25) is 29.1 Å². The Morgan fingerprint density at radius 2 is 1.13 bits per heavy atom. The molecule has 1 rings (SSSR count). The lowest BCUT2D eigenvalue weighted by Crippen LogP contribution is -2.49. The minimum absolute atomic E-state index is 0.00629. The summed E-state index contributed by atoms with van der Waals surface area (Å²) in [6.45, 7) is 12.8. The van der Waals surface area contributed by atoms with E-state index in [0.717, 1.165) is 26.1 Å². The van der Waals surface area contributed by atoms with Crippen LogP contribution in [0.3, 0.4) is 0 Å². The summed E-state index contributed by atoms with van der Waals surface area (Å²) in [7, 11) is 0. The summed E-state index contributed by atoms with van der Waals surface area (Å²) in [4.78, 5) is 42.9. The normalized spacial score (nSPS) is 19.0. The smallest absolute Gasteiger partial charge is 0.317 e. The van der Waals surface area contributed by atoms with Crippen LogP contribution < -0.4 is 5.32 Å². The second-order valence-electron chi connectivity index (χ2n) is 8.58. The number of nitrogens with zero attached hydrogens (tertiary/aromatic N) is 4. The first-order valence-corrected chi connectivity index (χ1v) is 11.3. The Balaban J connectivity index is 2.78. The van der Waals surface area contributed by atoms with Crippen LogP contribution in [-0.4, -0.2) is 133 Å². The molecule has 180 valence electrons. The van der Waals surface area contributed by atoms with Crippen LogP contribution in [0.15, 0.2) is 0 Å². The highest BCUT2D eigenvalue weighted by atomic mass is 16.4. The Morgan fingerprint density at radius 3 is 1.48 bits per heavy atom. The lowest BCUT2D eigenvalue weighted by Gasteiger charge is -2.33. The number of amides is 1. The highest BCUT2D eigenvalue weighted by molar-refractivity contribution is 5.78. The van der Waals surface area contributed by atoms with Crippen LogP contribution in [0, 0.1) is 5.92 Å². The summed E-state index contributed by atoms with van der Waals surface area (Å²) in [6, 6.07) is 0. The number of hydrogen-bond acceptors (Lipinski definition) is 7. The molecule has 0 saturated carbocycles. The molecular formula is C21H41N5O5. The quantitative estimate of drug-likeness (QED) is 0.413. The number of aliphatic carboxylic acids is 2. The first-order valence-electron chi connectivity index (χ1n) is 11.3. The predicted molar refractivity (Wildman–Crippen MR) is 119 cm³/mol. The average molecular weight is 444 g/mol. The second-order valence-corrected chi connectivity index (χ2v) is 8.58. The monoisotopic (exact) mass is 443 g/mol. The second kappa shape index (κ2) is 15.1. The van der Waals surface area contributed by atoms with Gasteiger partial charge in [0.2, 0.25) is 5.91 Å². The van der Waals surface area contributed by atoms with E-state index in [9.17, 15) is 24.6 Å². The minimum atomic E-state index is -0.910. The molecule has 1 heterocycles. The summed E-state index contributed by atoms with van der Waals surface area (Å²) in [5, 5.41) is 21.4. The van der Waals surface area contributed by atoms with E-state index in [-0.39, 0.29) is 19.0 Å². The van der Waals surface area contributed by atoms with Crippen LogP contribution in [0.1, 0.15) is 27.2 Å². The molecular weight excluding hydrogens is 402 g/mol. The van der Waals surface area contributed by atoms with E-state index >= 15 is 0 Å². The lowest BCUT2D eigenvalue weighted by atomic mass is 10.1. The summed E-state index contributed by atoms with van der Waals surface area (Å²) in [5.74, 6) is -1.26. The van der Waals surface area contributed by atoms with Crippen molar-refractivity contribution in [3.8, 4) is 0 Å². The van der Waals surface area contributed by atoms with Crippen molar-refractivity contribution < 1.29 is 24.6 Å². The average Bonchev–Trinajstić information content (AvgIpc) is 2.67. The Bertz CT molecular complexity index is 560. The zero-order chi connectivity index (χ0) is 23.2. The van der Waals surface area contributed by atoms with Crippen molar-refractivity contribution in [3.05, 3.63) is 0 Å². The molecule has 1 amide bonds. The maximum Gasteiger partial charge on any atom is 0.317 e. The SMILES string of the molecule is CCN1CCN(CC(=O)O)CCN(CC(=O)O)CCN(CC(=O)NCCC(C)C)CC1. The Kier molecular flexibility index (Phi) is 13.3. The van der Waals surface area contributed by atoms with Gasteiger partial charge in [-0.25, -0.2) is 0 Å². The lowest BCUT2D eigenvalue weighted by molar-refractivity contribution is -0.140. The van der Waals surface area contributed by atoms with Crippen LogP contribution in [0.25, 0.3) is 0 Å². The summed E-state index contributed by atoms with van der Waals surface area (Å²) in [6.07, 6.45) is 0.939. The number of carbonyl (C=O) groups is 3. The molecule has 0 aliphatic carbocycles. The highest BCUT2D eigenvalue weighted by Crippen LogP contribution is 2.01. The molecule has 0 aromatic heterocycles. The van der Waals surface area contributed by atoms with Crippen molar-refractivity contribution in [2.45, 2.75) is 27.2 Å². The van der Waals surface area contributed by atoms with Crippen molar-refractivity contribution in [3.63, 3.8) is 0 Å². The van der Waals surface area contributed by atoms with Gasteiger partial charge in [0, 0.05) is 58.9 Å². The summed E-state index contributed by atoms with van der Waals surface area (Å²) >= 11 is 0. The maximum absolute atomic E-state index is 12.4. The molecule has 1 saturated heterocycles. The van der Waals surface area contributed by atoms with Gasteiger partial charge in [0.1, 0.15) is 0 Å². The number of hydrogen-bond donors (Lipinski definition) is 3. The van der Waals surface area contributed by atoms with Gasteiger partial charge in [0.25, 0.3) is 0 Å². The molecule has 0 unspecified atom stereocenters. The molecule has 0 spiro atoms. The standard InChI is InChI=1S/C21H41N5O5/c1-4-23-7-9-24(15-19(27)22-6-5-18(2)3)11-12-26(17-21(30)31)14-13-25(10-8-23)16-20(28)29/h18H,4-17H2,1-3H3,(H,22,27)(H,28,29)(H,30,31). The van der Waals surface area contributed by atoms with Gasteiger partial charge in [-0.1, -0.05) is 20.8 Å². The fourth-order valence-corrected chi connectivity index (χ4v) is 3.51. The van der Waals surface area contributed by atoms with Crippen LogP contribution in [0.2, 0.25) is 0 Å². The van der Waals surface area contributed by atoms with E-state index in [1.165, 1.54) is 0 Å². The van der Waals surface area contributed by atoms with Crippen molar-refractivity contribution in [2.24, 2.45) is 5.92 Å². The number of likely N-dealkylation sites (N-methyl/N-ethyl adjacent to an activating group) is 1. The van der Waals surface area contributed by atoms with E-state index in [0.29, 0.717) is 58.3 Å². The molecule has 0 radical (unpaired) electrons. The summed E-state index contributed by atoms with van der Waals surface area (Å²) in [5.41, 5.74) is 0. The maximum atomic E-state index is 12.4. The zero-order valence-corrected chi connectivity index (χ0v) is 19.4. The van der Waals surface area contributed by atoms with Crippen molar-refractivity contribution >= 4 is 17.8 Å². The van der Waals surface area contributed by atoms with Crippen molar-refractivity contribution in [2.75, 3.05) is 85.1 Å². The van der Waals surface area contributed by atoms with E-state index in [1.807, 2.05) is 9.80 Å². The van der Waals surface area contributed by atoms with Gasteiger partial charge in [0.15, 0.2) is 0 Å². The summed E-state index contributed by atoms with van der Waals surface area (Å²) < 4.78 is 0. The van der Waals surface area contributed by atoms with Gasteiger partial charge in [-0.15, -0.1) is 0 Å². The third-order valence-corrected chi connectivity index (χ3v) is 5.51. The van der Waals surface area contributed by atoms with Crippen LogP contribution >= 0.6 is 0 Å². The molecule has 3 N–H and O–H groups in total. The van der Waals surface area contributed by atoms with Crippen LogP contribution in [-0.2, 0) is 14.4 Å². The first kappa shape index (κ1) is 27.3. The number of rotatable bonds is 10. The number of carboxylic acids is 2. The van der Waals surface area contributed by atoms with Gasteiger partial charge in [0.05, 0.1) is 19.6 Å². The molecule has 1 aliphatic heterocycles. The first-order chi connectivity index (χ1) is 14.7. The molecule has 31 heavy (non-hydrogen) atoms. The van der Waals surface area contributed by atoms with Gasteiger partial charge in [-0.2, -0.15) is 0 Å². The Morgan fingerprint density at radius 1 is 0.742 bits per heavy atom. The van der Waals surface area contributed by atoms with E-state index < -0.39 is 11.9 Å². The van der Waals surface area contributed by atoms with E-state index in [1.54, 1.807) is 0 Å². The number of nitrogens with one attached hydrogen (secondary N) is 1. The third-order valence-electron chi connectivity index (χ3n) is 5.51. The molecule has 10 nitrogen and oxygen atoms in total. The molecule has 0 aromatic carbocycles. The molecule has 1 aliphatic rings. The predicted octanol–water partition coefficient (Wildman–Crippen LogP) is -0.441. The van der Waals surface area contributed by atoms with Gasteiger partial charge >= 0.3 is 11.9 Å². The largest absolute Gasteiger partial charge is 0.480 e. The third kappa shape index (κ3) is 13.3. The Labute approximate surface area is 186 Å². The fraction of sp³-hybridized carbons (Fsp3) is 0.857. The molecule has 1 fully saturated rings. The zero-order valence-electron chi connectivity index (χ0n) is 19.4. The number of carboxylic acid groups (broad SMARTS) is 2. The van der Waals surface area contributed by atoms with Crippen LogP contribution in [0.5, 0.6) is 0 Å². The minimum Gasteiger partial charge on any atom is -0.480 e. The van der Waals surface area contributed by atoms with Crippen LogP contribution in [0.4, 0.5) is 0 Å². The molecule has 0 atom stereocenters. The molecule has 0 aromatic rings. The number of carbonyl (C=O) groups excluding carboxylic acids is 1. The van der Waals surface area contributed by atoms with Gasteiger partial charge < -0.3 is 20.4 Å². The molecule has 10 heteroatoms.